The number of hydrogen-bond acceptors (Lipinski definition) is 21. The summed E-state index contributed by atoms with van der Waals surface area (Å²) in [6.45, 7) is -1.34. The van der Waals surface area contributed by atoms with Crippen molar-refractivity contribution in [3.63, 3.8) is 0 Å². The van der Waals surface area contributed by atoms with Gasteiger partial charge in [0.25, 0.3) is 17.4 Å². The first-order valence-electron chi connectivity index (χ1n) is 24.7. The van der Waals surface area contributed by atoms with Gasteiger partial charge >= 0.3 is 14.6 Å². The Morgan fingerprint density at radius 2 is 1.61 bits per heavy atom. The van der Waals surface area contributed by atoms with Crippen molar-refractivity contribution in [1.29, 1.82) is 0 Å². The highest BCUT2D eigenvalue weighted by Gasteiger charge is 2.55. The van der Waals surface area contributed by atoms with Crippen molar-refractivity contribution in [1.82, 2.24) is 49.6 Å². The average molecular weight is 1160 g/mol. The van der Waals surface area contributed by atoms with Gasteiger partial charge in [0.2, 0.25) is 17.7 Å². The van der Waals surface area contributed by atoms with Crippen molar-refractivity contribution in [3.8, 4) is 0 Å². The van der Waals surface area contributed by atoms with E-state index in [1.54, 1.807) is 26.0 Å². The molecule has 4 aliphatic heterocycles. The second kappa shape index (κ2) is 23.8. The number of nitrogen functional groups attached to an aromatic ring is 1. The number of halogens is 2. The Kier molecular flexibility index (Phi) is 17.2. The van der Waals surface area contributed by atoms with Gasteiger partial charge in [0.05, 0.1) is 25.9 Å². The van der Waals surface area contributed by atoms with Crippen molar-refractivity contribution in [2.24, 2.45) is 5.92 Å². The lowest BCUT2D eigenvalue weighted by molar-refractivity contribution is -0.137. The molecule has 8 heterocycles. The van der Waals surface area contributed by atoms with Gasteiger partial charge in [-0.15, -0.1) is 0 Å². The van der Waals surface area contributed by atoms with E-state index < -0.39 is 118 Å². The largest absolute Gasteiger partial charge is 0.472 e. The van der Waals surface area contributed by atoms with Crippen molar-refractivity contribution in [2.45, 2.75) is 113 Å². The number of unbranched alkanes of at least 4 members (excludes halogenated alkanes) is 2. The molecule has 79 heavy (non-hydrogen) atoms. The van der Waals surface area contributed by atoms with Crippen LogP contribution in [0, 0.1) is 11.7 Å². The molecule has 0 radical (unpaired) electrons. The van der Waals surface area contributed by atoms with Crippen LogP contribution in [0.2, 0.25) is 0 Å². The zero-order chi connectivity index (χ0) is 56.5. The zero-order valence-corrected chi connectivity index (χ0v) is 44.8. The van der Waals surface area contributed by atoms with Gasteiger partial charge in [-0.25, -0.2) is 37.8 Å². The van der Waals surface area contributed by atoms with Crippen LogP contribution in [0.4, 0.5) is 20.3 Å². The van der Waals surface area contributed by atoms with E-state index in [1.807, 2.05) is 0 Å². The van der Waals surface area contributed by atoms with Crippen molar-refractivity contribution in [3.05, 3.63) is 83.3 Å². The van der Waals surface area contributed by atoms with Crippen molar-refractivity contribution >= 4 is 89.2 Å². The summed E-state index contributed by atoms with van der Waals surface area (Å²) in [5.41, 5.74) is 5.68. The molecule has 2 unspecified atom stereocenters. The van der Waals surface area contributed by atoms with E-state index in [2.05, 4.69) is 40.9 Å². The van der Waals surface area contributed by atoms with E-state index in [9.17, 15) is 43.3 Å². The van der Waals surface area contributed by atoms with Crippen LogP contribution < -0.4 is 27.2 Å². The minimum Gasteiger partial charge on any atom is -0.387 e. The number of nitrogens with zero attached hydrogens (tertiary/aromatic N) is 7. The Bertz CT molecular complexity index is 3310. The number of nitrogens with one attached hydrogen (secondary N) is 4. The minimum atomic E-state index is -5.32. The number of alkyl halides is 1. The van der Waals surface area contributed by atoms with Gasteiger partial charge in [0.15, 0.2) is 41.6 Å². The molecule has 1 aromatic carbocycles. The van der Waals surface area contributed by atoms with Gasteiger partial charge in [-0.1, -0.05) is 32.4 Å². The van der Waals surface area contributed by atoms with Crippen LogP contribution in [-0.4, -0.2) is 147 Å². The fourth-order valence-corrected chi connectivity index (χ4v) is 13.4. The quantitative estimate of drug-likeness (QED) is 0.0400. The summed E-state index contributed by atoms with van der Waals surface area (Å²) >= 11 is 0.571. The maximum Gasteiger partial charge on any atom is 0.472 e. The monoisotopic (exact) mass is 1160 g/mol. The average Bonchev–Trinajstić information content (AvgIpc) is 4.41. The minimum absolute atomic E-state index is 0.0342. The molecular formula is C46H54F2N12O16P2S. The molecule has 0 spiro atoms. The Morgan fingerprint density at radius 1 is 0.886 bits per heavy atom. The molecule has 33 heteroatoms. The normalized spacial score (nSPS) is 28.1. The number of aliphatic hydroxyl groups is 1. The Labute approximate surface area is 450 Å². The molecule has 4 aromatic heterocycles. The number of rotatable bonds is 17. The number of hydrogen-bond donors (Lipinski definition) is 7. The van der Waals surface area contributed by atoms with Gasteiger partial charge < -0.3 is 50.7 Å². The van der Waals surface area contributed by atoms with E-state index in [0.717, 1.165) is 39.2 Å². The number of carbonyl (C=O) groups excluding carboxylic acids is 5. The van der Waals surface area contributed by atoms with Gasteiger partial charge in [-0.05, 0) is 54.8 Å². The fourth-order valence-electron chi connectivity index (χ4n) is 9.06. The second-order valence-electron chi connectivity index (χ2n) is 19.1. The summed E-state index contributed by atoms with van der Waals surface area (Å²) in [7, 11) is -5.32. The number of ether oxygens (including phenoxy) is 2. The van der Waals surface area contributed by atoms with Crippen LogP contribution in [0.3, 0.4) is 0 Å². The number of imidazole rings is 1. The number of aromatic amines is 1. The number of aromatic nitrogens is 7. The molecule has 9 rings (SSSR count). The lowest BCUT2D eigenvalue weighted by atomic mass is 10.0. The number of fused-ring (bicyclic) bond motifs is 5. The number of benzene rings is 1. The molecule has 3 fully saturated rings. The Hall–Kier alpha value is -6.37. The molecule has 424 valence electrons. The Balaban J connectivity index is 0.871. The SMILES string of the molecule is CC(C)[C@H](NC(=O)CCCCCN1C(=O)C=CC1=O)C(=O)N[C@@H](C)C(=O)Nc1ccc(CSP2(=O)OC[C@H]3O[C@@H](n4cc(F)c5c(=O)[nH]cnc54)[C@H](OP(=O)(O)OC[C@H]4O[C@@H](n5cnc6c(N)ncnc65)[C@H](F)[C@@H]4O2)[C@@H]3O)cc1. The molecule has 3 saturated heterocycles. The summed E-state index contributed by atoms with van der Waals surface area (Å²) in [5, 5.41) is 19.1. The zero-order valence-electron chi connectivity index (χ0n) is 42.2. The third kappa shape index (κ3) is 12.7. The number of amides is 5. The molecular weight excluding hydrogens is 1110 g/mol. The van der Waals surface area contributed by atoms with Crippen LogP contribution in [0.15, 0.2) is 66.4 Å². The van der Waals surface area contributed by atoms with E-state index in [1.165, 1.54) is 31.2 Å². The number of H-pyrrole nitrogens is 1. The Morgan fingerprint density at radius 3 is 2.34 bits per heavy atom. The molecule has 2 bridgehead atoms. The van der Waals surface area contributed by atoms with Gasteiger partial charge in [-0.3, -0.25) is 56.3 Å². The molecule has 0 aliphatic carbocycles. The summed E-state index contributed by atoms with van der Waals surface area (Å²) in [5.74, 6) is -3.97. The third-order valence-corrected chi connectivity index (χ3v) is 17.8. The third-order valence-electron chi connectivity index (χ3n) is 13.2. The number of nitrogens with two attached hydrogens (primary N) is 1. The highest BCUT2D eigenvalue weighted by Crippen LogP contribution is 2.65. The summed E-state index contributed by atoms with van der Waals surface area (Å²) in [6.07, 6.45) is -6.37. The van der Waals surface area contributed by atoms with E-state index >= 15 is 13.3 Å². The summed E-state index contributed by atoms with van der Waals surface area (Å²) in [4.78, 5) is 106. The van der Waals surface area contributed by atoms with Crippen molar-refractivity contribution in [2.75, 3.05) is 30.8 Å². The molecule has 0 saturated carbocycles. The predicted octanol–water partition coefficient (Wildman–Crippen LogP) is 2.81. The molecule has 12 atom stereocenters. The maximum absolute atomic E-state index is 17.0. The molecule has 4 aliphatic rings. The number of imide groups is 1. The van der Waals surface area contributed by atoms with Crippen LogP contribution in [0.25, 0.3) is 22.2 Å². The standard InChI is InChI=1S/C46H54F2N12O16P2S/c1-22(2)34(57-29(61)7-5-4-6-14-58-30(62)12-13-31(58)63)44(67)55-23(3)42(65)56-25-10-8-24(9-11-25)18-79-78(70)72-16-27-36(64)38(46(73-27)59-15-26(47)32-40(59)51-20-53-43(32)66)75-77(68,69)71-17-28-37(76-78)33(48)45(74-28)60-21-54-35-39(49)50-19-52-41(35)60/h8-13,15,19-23,27-28,33-34,36-38,45-46,64H,4-7,14,16-18H2,1-3H3,(H,55,67)(H,56,65)(H,57,61)(H,68,69)(H2,49,50,52)(H,51,53,66)/t23-,27+,28+,33+,34-,36+,37+,38+,45+,46+,78?/m0/s1. The number of phosphoric ester groups is 1. The molecule has 5 aromatic rings. The second-order valence-corrected chi connectivity index (χ2v) is 24.5. The highest BCUT2D eigenvalue weighted by molar-refractivity contribution is 8.54. The first-order chi connectivity index (χ1) is 37.6. The van der Waals surface area contributed by atoms with Crippen LogP contribution in [0.5, 0.6) is 0 Å². The molecule has 8 N–H and O–H groups in total. The first-order valence-corrected chi connectivity index (χ1v) is 29.3. The predicted molar refractivity (Wildman–Crippen MR) is 273 cm³/mol. The van der Waals surface area contributed by atoms with Crippen LogP contribution in [-0.2, 0) is 66.4 Å². The van der Waals surface area contributed by atoms with Crippen LogP contribution in [0.1, 0.15) is 64.5 Å². The highest BCUT2D eigenvalue weighted by atomic mass is 32.7. The van der Waals surface area contributed by atoms with Gasteiger partial charge in [0, 0.05) is 42.8 Å². The molecule has 5 amide bonds. The van der Waals surface area contributed by atoms with E-state index in [4.69, 9.17) is 33.3 Å². The summed E-state index contributed by atoms with van der Waals surface area (Å²) < 4.78 is 97.8. The van der Waals surface area contributed by atoms with E-state index in [-0.39, 0.29) is 70.7 Å². The van der Waals surface area contributed by atoms with Gasteiger partial charge in [-0.2, -0.15) is 0 Å². The van der Waals surface area contributed by atoms with Crippen molar-refractivity contribution < 1.29 is 79.5 Å². The van der Waals surface area contributed by atoms with Crippen LogP contribution >= 0.6 is 26.0 Å². The number of carbonyl (C=O) groups is 5. The lowest BCUT2D eigenvalue weighted by Crippen LogP contribution is -2.53. The maximum atomic E-state index is 17.0. The first kappa shape index (κ1) is 57.3. The van der Waals surface area contributed by atoms with Gasteiger partial charge in [0.1, 0.15) is 59.8 Å². The number of anilines is 2. The fraction of sp³-hybridized carbons (Fsp3) is 0.478. The topological polar surface area (TPSA) is 375 Å². The number of phosphoric acid groups is 1. The summed E-state index contributed by atoms with van der Waals surface area (Å²) in [6, 6.07) is 4.09. The van der Waals surface area contributed by atoms with E-state index in [0.29, 0.717) is 36.2 Å². The smallest absolute Gasteiger partial charge is 0.387 e. The number of aliphatic hydroxyl groups excluding tert-OH is 1. The molecule has 28 nitrogen and oxygen atoms in total. The lowest BCUT2D eigenvalue weighted by Gasteiger charge is -2.27.